The lowest BCUT2D eigenvalue weighted by Gasteiger charge is -2.33. The lowest BCUT2D eigenvalue weighted by molar-refractivity contribution is -0.140. The van der Waals surface area contributed by atoms with Gasteiger partial charge in [-0.3, -0.25) is 9.69 Å². The Morgan fingerprint density at radius 3 is 1.95 bits per heavy atom. The van der Waals surface area contributed by atoms with Crippen molar-refractivity contribution in [3.05, 3.63) is 89.5 Å². The summed E-state index contributed by atoms with van der Waals surface area (Å²) in [6.07, 6.45) is -4.79. The second kappa shape index (κ2) is 10.6. The van der Waals surface area contributed by atoms with Gasteiger partial charge >= 0.3 is 6.18 Å². The van der Waals surface area contributed by atoms with Crippen LogP contribution in [0.3, 0.4) is 0 Å². The first-order chi connectivity index (χ1) is 17.8. The molecule has 0 spiro atoms. The number of carbonyl (C=O) groups excluding carboxylic acids is 1. The first-order valence-electron chi connectivity index (χ1n) is 11.7. The molecule has 0 unspecified atom stereocenters. The third-order valence-electron chi connectivity index (χ3n) is 6.55. The number of rotatable bonds is 7. The summed E-state index contributed by atoms with van der Waals surface area (Å²) in [4.78, 5) is 12.3. The number of likely N-dealkylation sites (tertiary alicyclic amines) is 1. The van der Waals surface area contributed by atoms with E-state index in [1.807, 2.05) is 4.90 Å². The van der Waals surface area contributed by atoms with Crippen LogP contribution in [-0.2, 0) is 26.0 Å². The van der Waals surface area contributed by atoms with Crippen LogP contribution < -0.4 is 5.14 Å². The standard InChI is InChI=1S/C26H25F3N2O5S2/c27-26(28,29)25-22(18-11-13-31(14-12-18)17-23(32)19-7-3-1-4-8-19)15-21(16-24(25)38(30,35)36)37(33,34)20-9-5-2-6-10-20/h1-10,15-16,18H,11-14,17H2,(H2,30,35,36). The summed E-state index contributed by atoms with van der Waals surface area (Å²) in [5.41, 5.74) is -1.37. The molecule has 0 amide bonds. The maximum absolute atomic E-state index is 14.3. The number of benzene rings is 3. The molecule has 1 heterocycles. The first kappa shape index (κ1) is 28.0. The minimum Gasteiger partial charge on any atom is -0.296 e. The topological polar surface area (TPSA) is 115 Å². The van der Waals surface area contributed by atoms with Gasteiger partial charge in [0.25, 0.3) is 0 Å². The Morgan fingerprint density at radius 1 is 0.868 bits per heavy atom. The third kappa shape index (κ3) is 5.98. The molecule has 202 valence electrons. The molecule has 2 N–H and O–H groups in total. The Bertz CT molecular complexity index is 1530. The summed E-state index contributed by atoms with van der Waals surface area (Å²) in [6.45, 7) is 0.607. The summed E-state index contributed by atoms with van der Waals surface area (Å²) in [5.74, 6) is -0.936. The summed E-state index contributed by atoms with van der Waals surface area (Å²) >= 11 is 0. The molecule has 1 aliphatic heterocycles. The zero-order chi connectivity index (χ0) is 27.7. The summed E-state index contributed by atoms with van der Waals surface area (Å²) in [5, 5.41) is 5.17. The van der Waals surface area contributed by atoms with Crippen molar-refractivity contribution >= 4 is 25.6 Å². The zero-order valence-corrected chi connectivity index (χ0v) is 21.7. The van der Waals surface area contributed by atoms with Crippen LogP contribution >= 0.6 is 0 Å². The van der Waals surface area contributed by atoms with Crippen LogP contribution in [0.5, 0.6) is 0 Å². The van der Waals surface area contributed by atoms with Crippen molar-refractivity contribution in [1.29, 1.82) is 0 Å². The third-order valence-corrected chi connectivity index (χ3v) is 9.23. The van der Waals surface area contributed by atoms with Crippen LogP contribution in [0.2, 0.25) is 0 Å². The van der Waals surface area contributed by atoms with Crippen molar-refractivity contribution in [3.8, 4) is 0 Å². The minimum absolute atomic E-state index is 0.0771. The Kier molecular flexibility index (Phi) is 7.80. The van der Waals surface area contributed by atoms with Crippen molar-refractivity contribution in [2.75, 3.05) is 19.6 Å². The average molecular weight is 567 g/mol. The van der Waals surface area contributed by atoms with Crippen molar-refractivity contribution in [3.63, 3.8) is 0 Å². The number of hydrogen-bond acceptors (Lipinski definition) is 6. The van der Waals surface area contributed by atoms with Crippen LogP contribution in [0.1, 0.15) is 40.2 Å². The van der Waals surface area contributed by atoms with E-state index in [2.05, 4.69) is 0 Å². The normalized spacial score (nSPS) is 15.9. The summed E-state index contributed by atoms with van der Waals surface area (Å²) in [6, 6.07) is 17.0. The van der Waals surface area contributed by atoms with E-state index in [-0.39, 0.29) is 43.2 Å². The first-order valence-corrected chi connectivity index (χ1v) is 14.7. The number of nitrogens with two attached hydrogens (primary N) is 1. The van der Waals surface area contributed by atoms with Gasteiger partial charge in [-0.25, -0.2) is 22.0 Å². The van der Waals surface area contributed by atoms with Crippen molar-refractivity contribution in [2.45, 2.75) is 39.6 Å². The predicted molar refractivity (Wildman–Crippen MR) is 134 cm³/mol. The summed E-state index contributed by atoms with van der Waals surface area (Å²) in [7, 11) is -9.28. The number of Topliss-reactive ketones (excluding diaryl/α,β-unsaturated/α-hetero) is 1. The highest BCUT2D eigenvalue weighted by Crippen LogP contribution is 2.44. The van der Waals surface area contributed by atoms with E-state index in [0.717, 1.165) is 6.07 Å². The zero-order valence-electron chi connectivity index (χ0n) is 20.1. The fourth-order valence-corrected chi connectivity index (χ4v) is 6.90. The number of halogens is 3. The van der Waals surface area contributed by atoms with Crippen LogP contribution in [0.15, 0.2) is 87.5 Å². The molecule has 1 saturated heterocycles. The van der Waals surface area contributed by atoms with Gasteiger partial charge in [0.15, 0.2) is 5.78 Å². The van der Waals surface area contributed by atoms with Crippen LogP contribution in [-0.4, -0.2) is 47.2 Å². The molecule has 12 heteroatoms. The molecule has 0 saturated carbocycles. The molecule has 38 heavy (non-hydrogen) atoms. The maximum Gasteiger partial charge on any atom is 0.417 e. The van der Waals surface area contributed by atoms with Gasteiger partial charge in [0.05, 0.1) is 26.8 Å². The van der Waals surface area contributed by atoms with Gasteiger partial charge in [0.1, 0.15) is 0 Å². The molecule has 0 aliphatic carbocycles. The van der Waals surface area contributed by atoms with Crippen molar-refractivity contribution in [2.24, 2.45) is 5.14 Å². The van der Waals surface area contributed by atoms with Gasteiger partial charge < -0.3 is 0 Å². The molecular formula is C26H25F3N2O5S2. The highest BCUT2D eigenvalue weighted by Gasteiger charge is 2.42. The number of primary sulfonamides is 1. The molecule has 7 nitrogen and oxygen atoms in total. The summed E-state index contributed by atoms with van der Waals surface area (Å²) < 4.78 is 93.9. The van der Waals surface area contributed by atoms with Crippen LogP contribution in [0, 0.1) is 0 Å². The molecule has 3 aromatic rings. The molecule has 0 bridgehead atoms. The van der Waals surface area contributed by atoms with Crippen molar-refractivity contribution in [1.82, 2.24) is 4.90 Å². The van der Waals surface area contributed by atoms with Crippen LogP contribution in [0.25, 0.3) is 0 Å². The smallest absolute Gasteiger partial charge is 0.296 e. The molecule has 1 fully saturated rings. The lowest BCUT2D eigenvalue weighted by atomic mass is 9.86. The highest BCUT2D eigenvalue weighted by atomic mass is 32.2. The average Bonchev–Trinajstić information content (AvgIpc) is 2.88. The van der Waals surface area contributed by atoms with Gasteiger partial charge in [0.2, 0.25) is 19.9 Å². The van der Waals surface area contributed by atoms with Gasteiger partial charge in [0, 0.05) is 5.56 Å². The van der Waals surface area contributed by atoms with E-state index in [9.17, 15) is 34.8 Å². The number of ketones is 1. The molecule has 0 aromatic heterocycles. The number of carbonyl (C=O) groups is 1. The van der Waals surface area contributed by atoms with Crippen molar-refractivity contribution < 1.29 is 34.8 Å². The quantitative estimate of drug-likeness (QED) is 0.428. The Hall–Kier alpha value is -3.06. The molecule has 0 radical (unpaired) electrons. The molecule has 1 aliphatic rings. The molecule has 4 rings (SSSR count). The predicted octanol–water partition coefficient (Wildman–Crippen LogP) is 4.25. The van der Waals surface area contributed by atoms with Crippen LogP contribution in [0.4, 0.5) is 13.2 Å². The van der Waals surface area contributed by atoms with E-state index < -0.39 is 52.9 Å². The maximum atomic E-state index is 14.3. The fraction of sp³-hybridized carbons (Fsp3) is 0.269. The second-order valence-electron chi connectivity index (χ2n) is 9.08. The fourth-order valence-electron chi connectivity index (χ4n) is 4.67. The van der Waals surface area contributed by atoms with E-state index >= 15 is 0 Å². The Morgan fingerprint density at radius 2 is 1.42 bits per heavy atom. The Labute approximate surface area is 219 Å². The molecule has 0 atom stereocenters. The number of nitrogens with zero attached hydrogens (tertiary/aromatic N) is 1. The molecule has 3 aromatic carbocycles. The van der Waals surface area contributed by atoms with Gasteiger partial charge in [-0.2, -0.15) is 13.2 Å². The molecular weight excluding hydrogens is 541 g/mol. The van der Waals surface area contributed by atoms with Gasteiger partial charge in [-0.1, -0.05) is 48.5 Å². The van der Waals surface area contributed by atoms with Gasteiger partial charge in [-0.05, 0) is 61.7 Å². The van der Waals surface area contributed by atoms with E-state index in [4.69, 9.17) is 5.14 Å². The van der Waals surface area contributed by atoms with Gasteiger partial charge in [-0.15, -0.1) is 0 Å². The Balaban J connectivity index is 1.72. The largest absolute Gasteiger partial charge is 0.417 e. The number of piperidine rings is 1. The lowest BCUT2D eigenvalue weighted by Crippen LogP contribution is -2.37. The van der Waals surface area contributed by atoms with E-state index in [0.29, 0.717) is 11.6 Å². The number of hydrogen-bond donors (Lipinski definition) is 1. The van der Waals surface area contributed by atoms with E-state index in [1.54, 1.807) is 36.4 Å². The second-order valence-corrected chi connectivity index (χ2v) is 12.6. The van der Waals surface area contributed by atoms with E-state index in [1.165, 1.54) is 24.3 Å². The SMILES string of the molecule is NS(=O)(=O)c1cc(S(=O)(=O)c2ccccc2)cc(C2CCN(CC(=O)c3ccccc3)CC2)c1C(F)(F)F. The number of sulfone groups is 1. The highest BCUT2D eigenvalue weighted by molar-refractivity contribution is 7.91. The minimum atomic E-state index is -5.10. The number of sulfonamides is 1. The monoisotopic (exact) mass is 566 g/mol. The number of alkyl halides is 3.